The quantitative estimate of drug-likeness (QED) is 0.725. The second-order valence-electron chi connectivity index (χ2n) is 4.24. The summed E-state index contributed by atoms with van der Waals surface area (Å²) in [6, 6.07) is 11.7. The summed E-state index contributed by atoms with van der Waals surface area (Å²) >= 11 is 6.20. The maximum atomic E-state index is 6.20. The van der Waals surface area contributed by atoms with Gasteiger partial charge in [0.05, 0.1) is 23.3 Å². The Balaban J connectivity index is 2.27. The number of hydrogen-bond acceptors (Lipinski definition) is 2. The second kappa shape index (κ2) is 4.03. The Hall–Kier alpha value is -2.00. The summed E-state index contributed by atoms with van der Waals surface area (Å²) in [6.45, 7) is 0. The van der Waals surface area contributed by atoms with Crippen molar-refractivity contribution < 1.29 is 0 Å². The third kappa shape index (κ3) is 1.64. The third-order valence-electron chi connectivity index (χ3n) is 3.08. The zero-order valence-electron chi connectivity index (χ0n) is 9.89. The monoisotopic (exact) mass is 257 g/mol. The number of benzene rings is 1. The first kappa shape index (κ1) is 11.1. The number of aromatic nitrogens is 2. The lowest BCUT2D eigenvalue weighted by Gasteiger charge is -2.03. The fraction of sp³-hybridized carbons (Fsp3) is 0.0714. The van der Waals surface area contributed by atoms with Crippen molar-refractivity contribution in [3.8, 4) is 11.4 Å². The van der Waals surface area contributed by atoms with Crippen molar-refractivity contribution in [1.82, 2.24) is 9.55 Å². The number of anilines is 1. The molecular formula is C14H12ClN3. The van der Waals surface area contributed by atoms with Crippen LogP contribution in [0.3, 0.4) is 0 Å². The molecule has 0 saturated carbocycles. The normalized spacial score (nSPS) is 11.0. The van der Waals surface area contributed by atoms with Gasteiger partial charge >= 0.3 is 0 Å². The van der Waals surface area contributed by atoms with E-state index in [9.17, 15) is 0 Å². The predicted molar refractivity (Wildman–Crippen MR) is 75.6 cm³/mol. The molecule has 0 saturated heterocycles. The summed E-state index contributed by atoms with van der Waals surface area (Å²) < 4.78 is 2.08. The number of nitrogens with two attached hydrogens (primary N) is 1. The van der Waals surface area contributed by atoms with Crippen LogP contribution in [0.5, 0.6) is 0 Å². The predicted octanol–water partition coefficient (Wildman–Crippen LogP) is 3.48. The summed E-state index contributed by atoms with van der Waals surface area (Å²) in [6.07, 6.45) is 1.66. The van der Waals surface area contributed by atoms with Crippen molar-refractivity contribution in [2.45, 2.75) is 0 Å². The highest BCUT2D eigenvalue weighted by molar-refractivity contribution is 6.35. The Morgan fingerprint density at radius 2 is 2.06 bits per heavy atom. The van der Waals surface area contributed by atoms with Gasteiger partial charge in [-0.1, -0.05) is 17.7 Å². The zero-order valence-corrected chi connectivity index (χ0v) is 10.6. The van der Waals surface area contributed by atoms with Crippen molar-refractivity contribution in [2.24, 2.45) is 7.05 Å². The van der Waals surface area contributed by atoms with Crippen LogP contribution in [0.15, 0.2) is 42.6 Å². The number of nitrogens with zero attached hydrogens (tertiary/aromatic N) is 2. The molecule has 0 aliphatic heterocycles. The molecule has 0 aliphatic carbocycles. The molecule has 18 heavy (non-hydrogen) atoms. The maximum Gasteiger partial charge on any atom is 0.0868 e. The fourth-order valence-electron chi connectivity index (χ4n) is 2.13. The standard InChI is InChI=1S/C14H12ClN3/c1-18-13-4-2-3-11(15)10(13)7-14(18)12-6-5-9(16)8-17-12/h2-8H,16H2,1H3. The van der Waals surface area contributed by atoms with E-state index in [-0.39, 0.29) is 0 Å². The van der Waals surface area contributed by atoms with Crippen molar-refractivity contribution in [2.75, 3.05) is 5.73 Å². The highest BCUT2D eigenvalue weighted by Gasteiger charge is 2.10. The molecule has 0 radical (unpaired) electrons. The first-order valence-corrected chi connectivity index (χ1v) is 6.00. The van der Waals surface area contributed by atoms with E-state index < -0.39 is 0 Å². The lowest BCUT2D eigenvalue weighted by molar-refractivity contribution is 0.970. The van der Waals surface area contributed by atoms with Crippen LogP contribution >= 0.6 is 11.6 Å². The van der Waals surface area contributed by atoms with Crippen molar-refractivity contribution in [3.63, 3.8) is 0 Å². The Morgan fingerprint density at radius 3 is 2.72 bits per heavy atom. The number of hydrogen-bond donors (Lipinski definition) is 1. The van der Waals surface area contributed by atoms with Gasteiger partial charge < -0.3 is 10.3 Å². The Kier molecular flexibility index (Phi) is 2.49. The Bertz CT molecular complexity index is 714. The van der Waals surface area contributed by atoms with Crippen LogP contribution in [0.25, 0.3) is 22.3 Å². The Labute approximate surface area is 110 Å². The molecule has 2 N–H and O–H groups in total. The summed E-state index contributed by atoms with van der Waals surface area (Å²) in [5.74, 6) is 0. The SMILES string of the molecule is Cn1c(-c2ccc(N)cn2)cc2c(Cl)cccc21. The lowest BCUT2D eigenvalue weighted by atomic mass is 10.2. The number of nitrogen functional groups attached to an aromatic ring is 1. The fourth-order valence-corrected chi connectivity index (χ4v) is 2.35. The number of aryl methyl sites for hydroxylation is 1. The molecule has 0 fully saturated rings. The molecule has 4 heteroatoms. The van der Waals surface area contributed by atoms with Gasteiger partial charge in [0.2, 0.25) is 0 Å². The van der Waals surface area contributed by atoms with Gasteiger partial charge in [0.15, 0.2) is 0 Å². The van der Waals surface area contributed by atoms with Crippen LogP contribution in [0.2, 0.25) is 5.02 Å². The smallest absolute Gasteiger partial charge is 0.0868 e. The molecule has 90 valence electrons. The minimum atomic E-state index is 0.663. The minimum absolute atomic E-state index is 0.663. The second-order valence-corrected chi connectivity index (χ2v) is 4.65. The number of rotatable bonds is 1. The molecule has 2 aromatic heterocycles. The topological polar surface area (TPSA) is 43.8 Å². The van der Waals surface area contributed by atoms with E-state index in [1.165, 1.54) is 0 Å². The average Bonchev–Trinajstić information content (AvgIpc) is 2.70. The van der Waals surface area contributed by atoms with Gasteiger partial charge in [0.1, 0.15) is 0 Å². The van der Waals surface area contributed by atoms with Crippen LogP contribution in [0, 0.1) is 0 Å². The van der Waals surface area contributed by atoms with Gasteiger partial charge in [-0.05, 0) is 30.3 Å². The van der Waals surface area contributed by atoms with Gasteiger partial charge in [-0.3, -0.25) is 4.98 Å². The van der Waals surface area contributed by atoms with Gasteiger partial charge in [0, 0.05) is 23.0 Å². The van der Waals surface area contributed by atoms with E-state index in [2.05, 4.69) is 15.6 Å². The largest absolute Gasteiger partial charge is 0.397 e. The molecule has 0 unspecified atom stereocenters. The number of pyridine rings is 1. The average molecular weight is 258 g/mol. The molecule has 3 aromatic rings. The van der Waals surface area contributed by atoms with Crippen molar-refractivity contribution in [1.29, 1.82) is 0 Å². The highest BCUT2D eigenvalue weighted by atomic mass is 35.5. The molecular weight excluding hydrogens is 246 g/mol. The van der Waals surface area contributed by atoms with Gasteiger partial charge in [0.25, 0.3) is 0 Å². The van der Waals surface area contributed by atoms with Crippen LogP contribution < -0.4 is 5.73 Å². The molecule has 0 atom stereocenters. The molecule has 3 rings (SSSR count). The highest BCUT2D eigenvalue weighted by Crippen LogP contribution is 2.30. The van der Waals surface area contributed by atoms with Crippen molar-refractivity contribution >= 4 is 28.2 Å². The van der Waals surface area contributed by atoms with E-state index in [4.69, 9.17) is 17.3 Å². The number of fused-ring (bicyclic) bond motifs is 1. The van der Waals surface area contributed by atoms with Gasteiger partial charge in [-0.25, -0.2) is 0 Å². The summed E-state index contributed by atoms with van der Waals surface area (Å²) in [4.78, 5) is 4.35. The minimum Gasteiger partial charge on any atom is -0.397 e. The van der Waals surface area contributed by atoms with Crippen molar-refractivity contribution in [3.05, 3.63) is 47.6 Å². The van der Waals surface area contributed by atoms with Crippen LogP contribution in [-0.4, -0.2) is 9.55 Å². The molecule has 1 aromatic carbocycles. The van der Waals surface area contributed by atoms with E-state index in [1.54, 1.807) is 6.20 Å². The van der Waals surface area contributed by atoms with Crippen LogP contribution in [0.4, 0.5) is 5.69 Å². The van der Waals surface area contributed by atoms with Crippen LogP contribution in [0.1, 0.15) is 0 Å². The lowest BCUT2D eigenvalue weighted by Crippen LogP contribution is -1.94. The summed E-state index contributed by atoms with van der Waals surface area (Å²) in [5, 5.41) is 1.79. The molecule has 3 nitrogen and oxygen atoms in total. The van der Waals surface area contributed by atoms with E-state index >= 15 is 0 Å². The first-order valence-electron chi connectivity index (χ1n) is 5.62. The van der Waals surface area contributed by atoms with E-state index in [0.717, 1.165) is 27.3 Å². The molecule has 0 amide bonds. The van der Waals surface area contributed by atoms with E-state index in [0.29, 0.717) is 5.69 Å². The third-order valence-corrected chi connectivity index (χ3v) is 3.41. The number of halogens is 1. The summed E-state index contributed by atoms with van der Waals surface area (Å²) in [7, 11) is 2.01. The molecule has 0 bridgehead atoms. The first-order chi connectivity index (χ1) is 8.66. The van der Waals surface area contributed by atoms with Crippen LogP contribution in [-0.2, 0) is 7.05 Å². The maximum absolute atomic E-state index is 6.20. The Morgan fingerprint density at radius 1 is 1.22 bits per heavy atom. The zero-order chi connectivity index (χ0) is 12.7. The summed E-state index contributed by atoms with van der Waals surface area (Å²) in [5.41, 5.74) is 9.32. The van der Waals surface area contributed by atoms with Gasteiger partial charge in [-0.15, -0.1) is 0 Å². The molecule has 0 aliphatic rings. The molecule has 0 spiro atoms. The molecule has 2 heterocycles. The van der Waals surface area contributed by atoms with Gasteiger partial charge in [-0.2, -0.15) is 0 Å². The van der Waals surface area contributed by atoms with E-state index in [1.807, 2.05) is 37.4 Å².